The normalized spacial score (nSPS) is 10.8. The zero-order chi connectivity index (χ0) is 15.2. The summed E-state index contributed by atoms with van der Waals surface area (Å²) < 4.78 is 0. The Morgan fingerprint density at radius 1 is 0.682 bits per heavy atom. The van der Waals surface area contributed by atoms with Crippen LogP contribution in [-0.4, -0.2) is 6.21 Å². The molecule has 3 aromatic carbocycles. The molecule has 2 heteroatoms. The van der Waals surface area contributed by atoms with Gasteiger partial charge in [0.2, 0.25) is 0 Å². The Balaban J connectivity index is 1.94. The average molecular weight is 286 g/mol. The second-order valence-corrected chi connectivity index (χ2v) is 5.14. The zero-order valence-corrected chi connectivity index (χ0v) is 12.6. The highest BCUT2D eigenvalue weighted by atomic mass is 15.5. The summed E-state index contributed by atoms with van der Waals surface area (Å²) in [4.78, 5) is 0. The van der Waals surface area contributed by atoms with Crippen LogP contribution in [0.5, 0.6) is 0 Å². The molecule has 0 aliphatic rings. The molecule has 3 aromatic rings. The molecule has 0 unspecified atom stereocenters. The van der Waals surface area contributed by atoms with Gasteiger partial charge in [0.1, 0.15) is 0 Å². The SMILES string of the molecule is Cc1ccc(/C=N\N(c2ccccc2)c2ccccc2)cc1. The number of benzene rings is 3. The summed E-state index contributed by atoms with van der Waals surface area (Å²) in [6, 6.07) is 28.7. The molecular formula is C20H18N2. The molecule has 108 valence electrons. The van der Waals surface area contributed by atoms with E-state index in [1.165, 1.54) is 5.56 Å². The maximum absolute atomic E-state index is 4.67. The highest BCUT2D eigenvalue weighted by Gasteiger charge is 2.06. The molecule has 22 heavy (non-hydrogen) atoms. The molecule has 2 nitrogen and oxygen atoms in total. The molecule has 0 aromatic heterocycles. The Kier molecular flexibility index (Phi) is 4.30. The smallest absolute Gasteiger partial charge is 0.0652 e. The van der Waals surface area contributed by atoms with Gasteiger partial charge in [-0.05, 0) is 36.8 Å². The van der Waals surface area contributed by atoms with Crippen LogP contribution in [0.2, 0.25) is 0 Å². The van der Waals surface area contributed by atoms with Crippen molar-refractivity contribution < 1.29 is 0 Å². The molecule has 0 saturated heterocycles. The highest BCUT2D eigenvalue weighted by Crippen LogP contribution is 2.25. The summed E-state index contributed by atoms with van der Waals surface area (Å²) in [5.41, 5.74) is 4.41. The largest absolute Gasteiger partial charge is 0.234 e. The molecule has 0 aliphatic carbocycles. The molecule has 0 aliphatic heterocycles. The zero-order valence-electron chi connectivity index (χ0n) is 12.6. The fourth-order valence-electron chi connectivity index (χ4n) is 2.20. The van der Waals surface area contributed by atoms with E-state index in [0.717, 1.165) is 16.9 Å². The van der Waals surface area contributed by atoms with Gasteiger partial charge < -0.3 is 0 Å². The standard InChI is InChI=1S/C20H18N2/c1-17-12-14-18(15-13-17)16-21-22(19-8-4-2-5-9-19)20-10-6-3-7-11-20/h2-16H,1H3/b21-16-. The van der Waals surface area contributed by atoms with E-state index in [4.69, 9.17) is 0 Å². The maximum atomic E-state index is 4.67. The van der Waals surface area contributed by atoms with Crippen molar-refractivity contribution >= 4 is 17.6 Å². The van der Waals surface area contributed by atoms with Gasteiger partial charge >= 0.3 is 0 Å². The van der Waals surface area contributed by atoms with Crippen molar-refractivity contribution in [2.45, 2.75) is 6.92 Å². The van der Waals surface area contributed by atoms with E-state index < -0.39 is 0 Å². The van der Waals surface area contributed by atoms with Gasteiger partial charge in [-0.2, -0.15) is 5.10 Å². The first-order valence-corrected chi connectivity index (χ1v) is 7.34. The Labute approximate surface area is 131 Å². The van der Waals surface area contributed by atoms with Gasteiger partial charge in [-0.15, -0.1) is 0 Å². The van der Waals surface area contributed by atoms with Crippen LogP contribution >= 0.6 is 0 Å². The number of hydrogen-bond donors (Lipinski definition) is 0. The predicted octanol–water partition coefficient (Wildman–Crippen LogP) is 5.17. The second-order valence-electron chi connectivity index (χ2n) is 5.14. The lowest BCUT2D eigenvalue weighted by atomic mass is 10.2. The van der Waals surface area contributed by atoms with Crippen molar-refractivity contribution in [2.24, 2.45) is 5.10 Å². The minimum absolute atomic E-state index is 1.04. The molecule has 0 saturated carbocycles. The fourth-order valence-corrected chi connectivity index (χ4v) is 2.20. The van der Waals surface area contributed by atoms with Gasteiger partial charge in [-0.25, -0.2) is 5.01 Å². The topological polar surface area (TPSA) is 15.6 Å². The Hall–Kier alpha value is -2.87. The predicted molar refractivity (Wildman–Crippen MR) is 93.8 cm³/mol. The third-order valence-corrected chi connectivity index (χ3v) is 3.40. The van der Waals surface area contributed by atoms with Crippen LogP contribution in [-0.2, 0) is 0 Å². The van der Waals surface area contributed by atoms with E-state index in [9.17, 15) is 0 Å². The molecule has 0 N–H and O–H groups in total. The third kappa shape index (κ3) is 3.41. The third-order valence-electron chi connectivity index (χ3n) is 3.40. The van der Waals surface area contributed by atoms with Crippen molar-refractivity contribution in [2.75, 3.05) is 5.01 Å². The lowest BCUT2D eigenvalue weighted by Gasteiger charge is -2.19. The van der Waals surface area contributed by atoms with Gasteiger partial charge in [0.05, 0.1) is 17.6 Å². The van der Waals surface area contributed by atoms with Crippen LogP contribution in [0.4, 0.5) is 11.4 Å². The van der Waals surface area contributed by atoms with Crippen LogP contribution in [0.3, 0.4) is 0 Å². The van der Waals surface area contributed by atoms with E-state index in [0.29, 0.717) is 0 Å². The quantitative estimate of drug-likeness (QED) is 0.477. The number of hydrazone groups is 1. The summed E-state index contributed by atoms with van der Waals surface area (Å²) in [5, 5.41) is 6.62. The molecule has 0 bridgehead atoms. The van der Waals surface area contributed by atoms with E-state index in [1.807, 2.05) is 47.6 Å². The number of nitrogens with zero attached hydrogens (tertiary/aromatic N) is 2. The summed E-state index contributed by atoms with van der Waals surface area (Å²) in [7, 11) is 0. The number of anilines is 2. The lowest BCUT2D eigenvalue weighted by Crippen LogP contribution is -2.09. The number of hydrogen-bond acceptors (Lipinski definition) is 2. The van der Waals surface area contributed by atoms with Gasteiger partial charge in [0.15, 0.2) is 0 Å². The van der Waals surface area contributed by atoms with E-state index >= 15 is 0 Å². The van der Waals surface area contributed by atoms with Crippen molar-refractivity contribution in [1.82, 2.24) is 0 Å². The summed E-state index contributed by atoms with van der Waals surface area (Å²) in [5.74, 6) is 0. The summed E-state index contributed by atoms with van der Waals surface area (Å²) in [6.45, 7) is 2.08. The van der Waals surface area contributed by atoms with E-state index in [-0.39, 0.29) is 0 Å². The van der Waals surface area contributed by atoms with Gasteiger partial charge in [0, 0.05) is 0 Å². The molecule has 3 rings (SSSR count). The Bertz CT molecular complexity index is 692. The van der Waals surface area contributed by atoms with Gasteiger partial charge in [-0.1, -0.05) is 66.2 Å². The molecule has 0 spiro atoms. The van der Waals surface area contributed by atoms with E-state index in [2.05, 4.69) is 60.6 Å². The van der Waals surface area contributed by atoms with Crippen LogP contribution < -0.4 is 5.01 Å². The Morgan fingerprint density at radius 2 is 1.18 bits per heavy atom. The molecule has 0 amide bonds. The maximum Gasteiger partial charge on any atom is 0.0652 e. The van der Waals surface area contributed by atoms with Crippen molar-refractivity contribution in [1.29, 1.82) is 0 Å². The molecule has 0 heterocycles. The van der Waals surface area contributed by atoms with Crippen molar-refractivity contribution in [3.05, 3.63) is 96.1 Å². The monoisotopic (exact) mass is 286 g/mol. The second kappa shape index (κ2) is 6.72. The van der Waals surface area contributed by atoms with Gasteiger partial charge in [0.25, 0.3) is 0 Å². The highest BCUT2D eigenvalue weighted by molar-refractivity contribution is 5.81. The van der Waals surface area contributed by atoms with Crippen LogP contribution in [0.15, 0.2) is 90.0 Å². The fraction of sp³-hybridized carbons (Fsp3) is 0.0500. The number of rotatable bonds is 4. The lowest BCUT2D eigenvalue weighted by molar-refractivity contribution is 1.09. The first-order chi connectivity index (χ1) is 10.8. The van der Waals surface area contributed by atoms with Gasteiger partial charge in [-0.3, -0.25) is 0 Å². The molecular weight excluding hydrogens is 268 g/mol. The van der Waals surface area contributed by atoms with E-state index in [1.54, 1.807) is 0 Å². The summed E-state index contributed by atoms with van der Waals surface area (Å²) >= 11 is 0. The Morgan fingerprint density at radius 3 is 1.68 bits per heavy atom. The minimum Gasteiger partial charge on any atom is -0.234 e. The van der Waals surface area contributed by atoms with Crippen LogP contribution in [0, 0.1) is 6.92 Å². The first kappa shape index (κ1) is 14.1. The molecule has 0 radical (unpaired) electrons. The van der Waals surface area contributed by atoms with Crippen LogP contribution in [0.1, 0.15) is 11.1 Å². The van der Waals surface area contributed by atoms with Crippen molar-refractivity contribution in [3.8, 4) is 0 Å². The van der Waals surface area contributed by atoms with Crippen LogP contribution in [0.25, 0.3) is 0 Å². The summed E-state index contributed by atoms with van der Waals surface area (Å²) in [6.07, 6.45) is 1.89. The number of aryl methyl sites for hydroxylation is 1. The molecule has 0 fully saturated rings. The minimum atomic E-state index is 1.04. The average Bonchev–Trinajstić information content (AvgIpc) is 2.59. The first-order valence-electron chi connectivity index (χ1n) is 7.34. The van der Waals surface area contributed by atoms with Crippen molar-refractivity contribution in [3.63, 3.8) is 0 Å². The molecule has 0 atom stereocenters. The number of para-hydroxylation sites is 2.